The molecule has 118 valence electrons. The lowest BCUT2D eigenvalue weighted by molar-refractivity contribution is -0.169. The molecule has 1 amide bonds. The molecule has 0 unspecified atom stereocenters. The van der Waals surface area contributed by atoms with Crippen LogP contribution in [0.2, 0.25) is 0 Å². The Bertz CT molecular complexity index is 450. The van der Waals surface area contributed by atoms with Crippen LogP contribution in [0.4, 0.5) is 0 Å². The number of hydrogen-bond donors (Lipinski definition) is 6. The van der Waals surface area contributed by atoms with Gasteiger partial charge in [-0.3, -0.25) is 14.1 Å². The van der Waals surface area contributed by atoms with Crippen LogP contribution in [-0.4, -0.2) is 76.2 Å². The zero-order valence-electron chi connectivity index (χ0n) is 10.2. The quantitative estimate of drug-likeness (QED) is 0.146. The number of nitrogens with one attached hydrogen (secondary N) is 1. The van der Waals surface area contributed by atoms with Crippen LogP contribution in [0.5, 0.6) is 0 Å². The van der Waals surface area contributed by atoms with Crippen LogP contribution < -0.4 is 5.32 Å². The number of amides is 1. The normalized spacial score (nSPS) is 19.5. The lowest BCUT2D eigenvalue weighted by Gasteiger charge is -2.34. The summed E-state index contributed by atoms with van der Waals surface area (Å²) < 4.78 is 33.8. The molecule has 0 spiro atoms. The summed E-state index contributed by atoms with van der Waals surface area (Å²) in [5.41, 5.74) is -3.07. The van der Waals surface area contributed by atoms with Crippen LogP contribution >= 0.6 is 0 Å². The Balaban J connectivity index is 5.59. The van der Waals surface area contributed by atoms with Gasteiger partial charge in [-0.15, -0.1) is 0 Å². The molecule has 0 aromatic carbocycles. The molecule has 11 nitrogen and oxygen atoms in total. The Labute approximate surface area is 113 Å². The van der Waals surface area contributed by atoms with Crippen molar-refractivity contribution in [3.05, 3.63) is 0 Å². The largest absolute Gasteiger partial charge is 0.400 e. The summed E-state index contributed by atoms with van der Waals surface area (Å²) in [6, 6.07) is 0. The molecule has 0 aromatic rings. The molecule has 0 saturated carbocycles. The molecule has 20 heavy (non-hydrogen) atoms. The van der Waals surface area contributed by atoms with Crippen molar-refractivity contribution in [3.8, 4) is 0 Å². The van der Waals surface area contributed by atoms with Crippen molar-refractivity contribution in [2.75, 3.05) is 6.61 Å². The van der Waals surface area contributed by atoms with Crippen LogP contribution in [0.3, 0.4) is 0 Å². The van der Waals surface area contributed by atoms with Gasteiger partial charge in [-0.05, 0) is 0 Å². The minimum atomic E-state index is -5.31. The summed E-state index contributed by atoms with van der Waals surface area (Å²) in [7, 11) is -5.31. The van der Waals surface area contributed by atoms with E-state index in [-0.39, 0.29) is 0 Å². The van der Waals surface area contributed by atoms with Gasteiger partial charge in [0, 0.05) is 6.92 Å². The lowest BCUT2D eigenvalue weighted by atomic mass is 9.98. The zero-order chi connectivity index (χ0) is 16.1. The second-order valence-electron chi connectivity index (χ2n) is 3.79. The highest BCUT2D eigenvalue weighted by atomic mass is 32.3. The summed E-state index contributed by atoms with van der Waals surface area (Å²) in [6.07, 6.45) is -7.14. The van der Waals surface area contributed by atoms with E-state index in [4.69, 9.17) is 14.8 Å². The molecule has 6 N–H and O–H groups in total. The van der Waals surface area contributed by atoms with Crippen LogP contribution in [0, 0.1) is 0 Å². The van der Waals surface area contributed by atoms with Gasteiger partial charge in [-0.2, -0.15) is 8.42 Å². The fourth-order valence-electron chi connectivity index (χ4n) is 1.28. The fourth-order valence-corrected chi connectivity index (χ4v) is 1.81. The van der Waals surface area contributed by atoms with E-state index in [9.17, 15) is 28.2 Å². The van der Waals surface area contributed by atoms with Gasteiger partial charge in [-0.25, -0.2) is 4.18 Å². The van der Waals surface area contributed by atoms with E-state index in [1.165, 1.54) is 0 Å². The first-order valence-corrected chi connectivity index (χ1v) is 6.43. The molecule has 0 bridgehead atoms. The van der Waals surface area contributed by atoms with Gasteiger partial charge in [0.25, 0.3) is 0 Å². The van der Waals surface area contributed by atoms with Crippen LogP contribution in [0.15, 0.2) is 0 Å². The maximum absolute atomic E-state index is 11.0. The molecule has 0 aliphatic heterocycles. The third kappa shape index (κ3) is 5.09. The standard InChI is InChI=1S/C8H15NO10S/c1-4(12)9-8(3-11,19-20(16,17)18)7(15)6(14)5(13)2-10/h3,5-7,10,13-15H,2H2,1H3,(H,9,12)(H,16,17,18)/t5-,6-,7+,8-/m1/s1. The number of aliphatic hydroxyl groups is 4. The van der Waals surface area contributed by atoms with Crippen molar-refractivity contribution in [2.24, 2.45) is 0 Å². The van der Waals surface area contributed by atoms with E-state index in [1.54, 1.807) is 5.32 Å². The smallest absolute Gasteiger partial charge is 0.394 e. The first kappa shape index (κ1) is 18.9. The maximum Gasteiger partial charge on any atom is 0.400 e. The monoisotopic (exact) mass is 317 g/mol. The topological polar surface area (TPSA) is 191 Å². The highest BCUT2D eigenvalue weighted by Crippen LogP contribution is 2.18. The molecule has 0 saturated heterocycles. The number of carbonyl (C=O) groups excluding carboxylic acids is 2. The molecule has 0 radical (unpaired) electrons. The van der Waals surface area contributed by atoms with Crippen molar-refractivity contribution in [1.82, 2.24) is 5.32 Å². The SMILES string of the molecule is CC(=O)N[C@](C=O)(OS(=O)(=O)O)[C@@H](O)[C@H](O)[C@H](O)CO. The van der Waals surface area contributed by atoms with E-state index in [0.717, 1.165) is 6.92 Å². The van der Waals surface area contributed by atoms with Crippen molar-refractivity contribution in [3.63, 3.8) is 0 Å². The average molecular weight is 317 g/mol. The van der Waals surface area contributed by atoms with Crippen molar-refractivity contribution in [2.45, 2.75) is 31.0 Å². The van der Waals surface area contributed by atoms with Gasteiger partial charge in [0.15, 0.2) is 6.29 Å². The second-order valence-corrected chi connectivity index (χ2v) is 4.81. The molecular weight excluding hydrogens is 302 g/mol. The van der Waals surface area contributed by atoms with Crippen molar-refractivity contribution >= 4 is 22.6 Å². The Hall–Kier alpha value is -1.15. The summed E-state index contributed by atoms with van der Waals surface area (Å²) in [4.78, 5) is 21.9. The van der Waals surface area contributed by atoms with E-state index in [2.05, 4.69) is 4.18 Å². The number of hydrogen-bond acceptors (Lipinski definition) is 9. The number of aliphatic hydroxyl groups excluding tert-OH is 4. The highest BCUT2D eigenvalue weighted by Gasteiger charge is 2.49. The molecular formula is C8H15NO10S. The van der Waals surface area contributed by atoms with E-state index >= 15 is 0 Å². The summed E-state index contributed by atoms with van der Waals surface area (Å²) in [5, 5.41) is 38.4. The van der Waals surface area contributed by atoms with Gasteiger partial charge in [-0.1, -0.05) is 0 Å². The van der Waals surface area contributed by atoms with Gasteiger partial charge in [0.2, 0.25) is 11.6 Å². The van der Waals surface area contributed by atoms with E-state index < -0.39 is 53.2 Å². The van der Waals surface area contributed by atoms with E-state index in [1.807, 2.05) is 0 Å². The summed E-state index contributed by atoms with van der Waals surface area (Å²) in [6.45, 7) is -0.216. The predicted octanol–water partition coefficient (Wildman–Crippen LogP) is -4.09. The highest BCUT2D eigenvalue weighted by molar-refractivity contribution is 7.81. The molecule has 0 fully saturated rings. The predicted molar refractivity (Wildman–Crippen MR) is 60.4 cm³/mol. The minimum Gasteiger partial charge on any atom is -0.394 e. The lowest BCUT2D eigenvalue weighted by Crippen LogP contribution is -2.65. The Morgan fingerprint density at radius 3 is 2.20 bits per heavy atom. The third-order valence-corrected chi connectivity index (χ3v) is 2.62. The minimum absolute atomic E-state index is 0.403. The van der Waals surface area contributed by atoms with Crippen molar-refractivity contribution < 1.29 is 47.2 Å². The number of carbonyl (C=O) groups is 2. The van der Waals surface area contributed by atoms with Gasteiger partial charge >= 0.3 is 10.4 Å². The molecule has 4 atom stereocenters. The van der Waals surface area contributed by atoms with Gasteiger partial charge < -0.3 is 25.7 Å². The molecule has 12 heteroatoms. The Kier molecular flexibility index (Phi) is 6.63. The maximum atomic E-state index is 11.0. The summed E-state index contributed by atoms with van der Waals surface area (Å²) in [5.74, 6) is -1.05. The van der Waals surface area contributed by atoms with Gasteiger partial charge in [0.1, 0.15) is 18.3 Å². The van der Waals surface area contributed by atoms with Gasteiger partial charge in [0.05, 0.1) is 6.61 Å². The number of aldehydes is 1. The third-order valence-electron chi connectivity index (χ3n) is 2.13. The number of rotatable bonds is 8. The van der Waals surface area contributed by atoms with Crippen LogP contribution in [0.25, 0.3) is 0 Å². The first-order valence-electron chi connectivity index (χ1n) is 5.07. The molecule has 0 aliphatic rings. The fraction of sp³-hybridized carbons (Fsp3) is 0.750. The molecule has 0 heterocycles. The molecule has 0 aromatic heterocycles. The average Bonchev–Trinajstić information content (AvgIpc) is 2.32. The Morgan fingerprint density at radius 1 is 1.40 bits per heavy atom. The molecule has 0 rings (SSSR count). The second kappa shape index (κ2) is 7.03. The van der Waals surface area contributed by atoms with E-state index in [0.29, 0.717) is 0 Å². The van der Waals surface area contributed by atoms with Crippen molar-refractivity contribution in [1.29, 1.82) is 0 Å². The van der Waals surface area contributed by atoms with Crippen LogP contribution in [0.1, 0.15) is 6.92 Å². The Morgan fingerprint density at radius 2 is 1.90 bits per heavy atom. The molecule has 0 aliphatic carbocycles. The zero-order valence-corrected chi connectivity index (χ0v) is 11.0. The summed E-state index contributed by atoms with van der Waals surface area (Å²) >= 11 is 0. The van der Waals surface area contributed by atoms with Crippen LogP contribution in [-0.2, 0) is 24.2 Å². The first-order chi connectivity index (χ1) is 8.99.